The summed E-state index contributed by atoms with van der Waals surface area (Å²) in [6.45, 7) is 9.60. The van der Waals surface area contributed by atoms with E-state index in [1.54, 1.807) is 11.3 Å². The Morgan fingerprint density at radius 1 is 1.03 bits per heavy atom. The third kappa shape index (κ3) is 4.03. The summed E-state index contributed by atoms with van der Waals surface area (Å²) in [7, 11) is -2.57. The number of rotatable bonds is 6. The summed E-state index contributed by atoms with van der Waals surface area (Å²) in [6, 6.07) is 23.3. The molecule has 2 heterocycles. The standard InChI is InChI=1S/C25H28N2O2SSi/c1-18(22-15-21-23(28)26-17-27-24(21)30-22)16-29-31(25(2,3)4,19-11-7-5-8-12-19)20-13-9-6-10-14-20/h5-15,17-18H,16H2,1-4H3,(H,26,27,28)/t18-/m1/s1. The summed E-state index contributed by atoms with van der Waals surface area (Å²) >= 11 is 1.57. The monoisotopic (exact) mass is 448 g/mol. The van der Waals surface area contributed by atoms with Gasteiger partial charge in [-0.25, -0.2) is 4.98 Å². The van der Waals surface area contributed by atoms with E-state index in [2.05, 4.69) is 98.3 Å². The van der Waals surface area contributed by atoms with Crippen LogP contribution in [0.1, 0.15) is 38.5 Å². The van der Waals surface area contributed by atoms with Crippen LogP contribution >= 0.6 is 11.3 Å². The highest BCUT2D eigenvalue weighted by molar-refractivity contribution is 7.18. The van der Waals surface area contributed by atoms with Crippen LogP contribution in [0.4, 0.5) is 0 Å². The van der Waals surface area contributed by atoms with Crippen LogP contribution in [0.15, 0.2) is 77.9 Å². The van der Waals surface area contributed by atoms with Crippen molar-refractivity contribution in [1.29, 1.82) is 0 Å². The number of aromatic amines is 1. The Hall–Kier alpha value is -2.54. The van der Waals surface area contributed by atoms with Crippen LogP contribution in [0.3, 0.4) is 0 Å². The van der Waals surface area contributed by atoms with Gasteiger partial charge in [-0.05, 0) is 21.5 Å². The van der Waals surface area contributed by atoms with E-state index >= 15 is 0 Å². The predicted octanol–water partition coefficient (Wildman–Crippen LogP) is 4.66. The zero-order valence-corrected chi connectivity index (χ0v) is 20.2. The van der Waals surface area contributed by atoms with Gasteiger partial charge in [-0.3, -0.25) is 4.79 Å². The van der Waals surface area contributed by atoms with Gasteiger partial charge < -0.3 is 9.41 Å². The molecule has 0 fully saturated rings. The third-order valence-corrected chi connectivity index (χ3v) is 12.1. The molecule has 0 amide bonds. The van der Waals surface area contributed by atoms with E-state index in [1.807, 2.05) is 6.07 Å². The van der Waals surface area contributed by atoms with Gasteiger partial charge in [-0.2, -0.15) is 0 Å². The van der Waals surface area contributed by atoms with E-state index in [4.69, 9.17) is 4.43 Å². The molecule has 0 saturated carbocycles. The Morgan fingerprint density at radius 3 is 2.13 bits per heavy atom. The number of benzene rings is 2. The molecule has 1 atom stereocenters. The molecule has 1 N–H and O–H groups in total. The maximum absolute atomic E-state index is 12.1. The van der Waals surface area contributed by atoms with Crippen LogP contribution in [0.5, 0.6) is 0 Å². The topological polar surface area (TPSA) is 55.0 Å². The van der Waals surface area contributed by atoms with Crippen LogP contribution in [0.2, 0.25) is 5.04 Å². The highest BCUT2D eigenvalue weighted by Gasteiger charge is 2.50. The minimum atomic E-state index is -2.57. The molecule has 0 spiro atoms. The molecule has 0 aliphatic rings. The summed E-state index contributed by atoms with van der Waals surface area (Å²) < 4.78 is 7.05. The van der Waals surface area contributed by atoms with Gasteiger partial charge in [-0.1, -0.05) is 88.4 Å². The molecule has 160 valence electrons. The molecule has 0 saturated heterocycles. The molecule has 2 aromatic heterocycles. The third-order valence-electron chi connectivity index (χ3n) is 5.81. The number of nitrogens with zero attached hydrogens (tertiary/aromatic N) is 1. The van der Waals surface area contributed by atoms with Crippen molar-refractivity contribution in [3.63, 3.8) is 0 Å². The number of hydrogen-bond acceptors (Lipinski definition) is 4. The van der Waals surface area contributed by atoms with Crippen molar-refractivity contribution in [2.45, 2.75) is 38.7 Å². The molecule has 0 aliphatic carbocycles. The fourth-order valence-corrected chi connectivity index (χ4v) is 9.91. The largest absolute Gasteiger partial charge is 0.407 e. The van der Waals surface area contributed by atoms with Crippen molar-refractivity contribution >= 4 is 40.2 Å². The van der Waals surface area contributed by atoms with Crippen LogP contribution in [-0.4, -0.2) is 24.9 Å². The van der Waals surface area contributed by atoms with Gasteiger partial charge in [0.05, 0.1) is 11.7 Å². The van der Waals surface area contributed by atoms with Crippen molar-refractivity contribution in [1.82, 2.24) is 9.97 Å². The molecular formula is C25H28N2O2SSi. The van der Waals surface area contributed by atoms with Crippen molar-refractivity contribution in [2.24, 2.45) is 0 Å². The lowest BCUT2D eigenvalue weighted by Crippen LogP contribution is -2.66. The number of nitrogens with one attached hydrogen (secondary N) is 1. The molecule has 4 rings (SSSR count). The molecule has 4 aromatic rings. The van der Waals surface area contributed by atoms with Gasteiger partial charge in [0.1, 0.15) is 4.83 Å². The Balaban J connectivity index is 1.74. The van der Waals surface area contributed by atoms with E-state index in [0.717, 1.165) is 9.71 Å². The molecule has 31 heavy (non-hydrogen) atoms. The first-order valence-electron chi connectivity index (χ1n) is 10.5. The number of hydrogen-bond donors (Lipinski definition) is 1. The quantitative estimate of drug-likeness (QED) is 0.436. The molecule has 0 bridgehead atoms. The summed E-state index contributed by atoms with van der Waals surface area (Å²) in [4.78, 5) is 21.0. The summed E-state index contributed by atoms with van der Waals surface area (Å²) in [5, 5.41) is 3.14. The van der Waals surface area contributed by atoms with Crippen molar-refractivity contribution in [3.8, 4) is 0 Å². The lowest BCUT2D eigenvalue weighted by molar-refractivity contribution is 0.279. The zero-order valence-electron chi connectivity index (χ0n) is 18.4. The Morgan fingerprint density at radius 2 is 1.61 bits per heavy atom. The zero-order chi connectivity index (χ0) is 22.1. The summed E-state index contributed by atoms with van der Waals surface area (Å²) in [5.41, 5.74) is -0.0902. The van der Waals surface area contributed by atoms with Gasteiger partial charge in [0.2, 0.25) is 0 Å². The Labute approximate surface area is 188 Å². The average molecular weight is 449 g/mol. The van der Waals surface area contributed by atoms with E-state index in [-0.39, 0.29) is 16.5 Å². The van der Waals surface area contributed by atoms with Gasteiger partial charge in [0, 0.05) is 17.4 Å². The fraction of sp³-hybridized carbons (Fsp3) is 0.280. The average Bonchev–Trinajstić information content (AvgIpc) is 3.21. The van der Waals surface area contributed by atoms with Crippen LogP contribution in [0.25, 0.3) is 10.2 Å². The van der Waals surface area contributed by atoms with Crippen molar-refractivity contribution in [3.05, 3.63) is 88.3 Å². The first-order valence-corrected chi connectivity index (χ1v) is 13.3. The Bertz CT molecular complexity index is 1170. The Kier molecular flexibility index (Phi) is 5.97. The smallest absolute Gasteiger partial charge is 0.261 e. The summed E-state index contributed by atoms with van der Waals surface area (Å²) in [5.74, 6) is 0.153. The summed E-state index contributed by atoms with van der Waals surface area (Å²) in [6.07, 6.45) is 1.47. The van der Waals surface area contributed by atoms with Crippen LogP contribution in [-0.2, 0) is 4.43 Å². The molecule has 0 aliphatic heterocycles. The van der Waals surface area contributed by atoms with Gasteiger partial charge in [0.15, 0.2) is 0 Å². The van der Waals surface area contributed by atoms with Gasteiger partial charge >= 0.3 is 0 Å². The van der Waals surface area contributed by atoms with E-state index in [9.17, 15) is 4.79 Å². The highest BCUT2D eigenvalue weighted by atomic mass is 32.1. The number of thiophene rings is 1. The van der Waals surface area contributed by atoms with Crippen LogP contribution in [0, 0.1) is 0 Å². The number of fused-ring (bicyclic) bond motifs is 1. The van der Waals surface area contributed by atoms with Crippen LogP contribution < -0.4 is 15.9 Å². The maximum Gasteiger partial charge on any atom is 0.261 e. The normalized spacial score (nSPS) is 13.4. The second-order valence-corrected chi connectivity index (χ2v) is 14.3. The lowest BCUT2D eigenvalue weighted by Gasteiger charge is -2.43. The predicted molar refractivity (Wildman–Crippen MR) is 132 cm³/mol. The second kappa shape index (κ2) is 8.53. The van der Waals surface area contributed by atoms with E-state index in [1.165, 1.54) is 16.7 Å². The van der Waals surface area contributed by atoms with E-state index < -0.39 is 8.32 Å². The first-order chi connectivity index (χ1) is 14.8. The van der Waals surface area contributed by atoms with E-state index in [0.29, 0.717) is 12.0 Å². The molecule has 0 radical (unpaired) electrons. The second-order valence-electron chi connectivity index (χ2n) is 8.97. The number of H-pyrrole nitrogens is 1. The molecule has 6 heteroatoms. The molecule has 4 nitrogen and oxygen atoms in total. The highest BCUT2D eigenvalue weighted by Crippen LogP contribution is 2.38. The molecule has 2 aromatic carbocycles. The fourth-order valence-electron chi connectivity index (χ4n) is 4.22. The SMILES string of the molecule is C[C@H](CO[Si](c1ccccc1)(c1ccccc1)C(C)(C)C)c1cc2c(=O)[nH]cnc2s1. The maximum atomic E-state index is 12.1. The lowest BCUT2D eigenvalue weighted by atomic mass is 10.1. The first kappa shape index (κ1) is 21.7. The van der Waals surface area contributed by atoms with Crippen molar-refractivity contribution < 1.29 is 4.43 Å². The molecular weight excluding hydrogens is 420 g/mol. The minimum absolute atomic E-state index is 0.0612. The molecule has 0 unspecified atom stereocenters. The van der Waals surface area contributed by atoms with Gasteiger partial charge in [-0.15, -0.1) is 11.3 Å². The number of aromatic nitrogens is 2. The minimum Gasteiger partial charge on any atom is -0.407 e. The van der Waals surface area contributed by atoms with Gasteiger partial charge in [0.25, 0.3) is 13.9 Å². The van der Waals surface area contributed by atoms with Crippen molar-refractivity contribution in [2.75, 3.05) is 6.61 Å².